The van der Waals surface area contributed by atoms with Crippen molar-refractivity contribution in [3.05, 3.63) is 35.5 Å². The van der Waals surface area contributed by atoms with Crippen LogP contribution >= 0.6 is 0 Å². The second-order valence-electron chi connectivity index (χ2n) is 12.6. The van der Waals surface area contributed by atoms with Crippen molar-refractivity contribution >= 4 is 5.97 Å². The highest BCUT2D eigenvalue weighted by molar-refractivity contribution is 5.66. The summed E-state index contributed by atoms with van der Waals surface area (Å²) in [7, 11) is 0. The lowest BCUT2D eigenvalue weighted by Gasteiger charge is -2.57. The Morgan fingerprint density at radius 2 is 1.82 bits per heavy atom. The Balaban J connectivity index is 1.58. The van der Waals surface area contributed by atoms with Gasteiger partial charge in [0.15, 0.2) is 0 Å². The third-order valence-electron chi connectivity index (χ3n) is 10.4. The minimum Gasteiger partial charge on any atom is -0.462 e. The summed E-state index contributed by atoms with van der Waals surface area (Å²) in [6.45, 7) is 15.6. The van der Waals surface area contributed by atoms with Gasteiger partial charge in [0.05, 0.1) is 5.60 Å². The minimum atomic E-state index is -0.824. The van der Waals surface area contributed by atoms with Crippen molar-refractivity contribution in [3.63, 3.8) is 0 Å². The second kappa shape index (κ2) is 8.70. The average molecular weight is 455 g/mol. The predicted octanol–water partition coefficient (Wildman–Crippen LogP) is 7.02. The second-order valence-corrected chi connectivity index (χ2v) is 12.6. The van der Waals surface area contributed by atoms with Gasteiger partial charge in [0.25, 0.3) is 0 Å². The maximum atomic E-state index is 11.8. The van der Waals surface area contributed by atoms with Crippen molar-refractivity contribution < 1.29 is 14.6 Å². The third-order valence-corrected chi connectivity index (χ3v) is 10.4. The molecule has 0 aromatic rings. The molecule has 0 aliphatic heterocycles. The van der Waals surface area contributed by atoms with Crippen LogP contribution in [0.4, 0.5) is 0 Å². The van der Waals surface area contributed by atoms with Crippen LogP contribution in [0, 0.1) is 40.4 Å². The molecule has 0 amide bonds. The molecular formula is C30H46O3. The quantitative estimate of drug-likeness (QED) is 0.359. The largest absolute Gasteiger partial charge is 0.462 e. The van der Waals surface area contributed by atoms with E-state index in [1.54, 1.807) is 0 Å². The molecule has 8 atom stereocenters. The van der Waals surface area contributed by atoms with Gasteiger partial charge in [-0.25, -0.2) is 0 Å². The fraction of sp³-hybridized carbons (Fsp3) is 0.767. The molecule has 4 aliphatic rings. The van der Waals surface area contributed by atoms with Gasteiger partial charge >= 0.3 is 5.97 Å². The number of hydrogen-bond acceptors (Lipinski definition) is 3. The molecule has 0 aromatic carbocycles. The van der Waals surface area contributed by atoms with Gasteiger partial charge in [-0.15, -0.1) is 0 Å². The summed E-state index contributed by atoms with van der Waals surface area (Å²) < 4.78 is 5.52. The predicted molar refractivity (Wildman–Crippen MR) is 134 cm³/mol. The smallest absolute Gasteiger partial charge is 0.302 e. The lowest BCUT2D eigenvalue weighted by atomic mass is 9.50. The lowest BCUT2D eigenvalue weighted by Crippen LogP contribution is -2.56. The Bertz CT molecular complexity index is 866. The van der Waals surface area contributed by atoms with Crippen molar-refractivity contribution in [1.29, 1.82) is 0 Å². The van der Waals surface area contributed by atoms with Crippen molar-refractivity contribution in [3.8, 4) is 0 Å². The Hall–Kier alpha value is -1.35. The molecule has 5 unspecified atom stereocenters. The average Bonchev–Trinajstić information content (AvgIpc) is 3.09. The van der Waals surface area contributed by atoms with E-state index in [-0.39, 0.29) is 17.5 Å². The Morgan fingerprint density at radius 3 is 2.48 bits per heavy atom. The fourth-order valence-electron chi connectivity index (χ4n) is 7.76. The number of carbonyl (C=O) groups is 1. The normalized spacial score (nSPS) is 42.2. The molecule has 4 rings (SSSR count). The molecule has 0 aromatic heterocycles. The van der Waals surface area contributed by atoms with Crippen LogP contribution in [0.3, 0.4) is 0 Å². The van der Waals surface area contributed by atoms with E-state index in [9.17, 15) is 9.90 Å². The van der Waals surface area contributed by atoms with E-state index < -0.39 is 5.60 Å². The zero-order valence-electron chi connectivity index (χ0n) is 22.0. The molecule has 2 fully saturated rings. The van der Waals surface area contributed by atoms with Crippen LogP contribution in [-0.2, 0) is 9.53 Å². The van der Waals surface area contributed by atoms with E-state index in [1.807, 2.05) is 0 Å². The number of rotatable bonds is 5. The third kappa shape index (κ3) is 4.07. The van der Waals surface area contributed by atoms with Crippen LogP contribution < -0.4 is 0 Å². The van der Waals surface area contributed by atoms with Gasteiger partial charge in [-0.1, -0.05) is 65.8 Å². The molecule has 3 nitrogen and oxygen atoms in total. The lowest BCUT2D eigenvalue weighted by molar-refractivity contribution is -0.163. The topological polar surface area (TPSA) is 46.5 Å². The summed E-state index contributed by atoms with van der Waals surface area (Å²) in [6, 6.07) is 0. The van der Waals surface area contributed by atoms with E-state index in [4.69, 9.17) is 4.74 Å². The SMILES string of the molecule is CC(=O)OC1CCC2(C)C3=CCC4(C)C(CCC4[C@H](C)/C=C/[C@H](C)C(C)C)C3=CC[C@@]2(O)C1. The summed E-state index contributed by atoms with van der Waals surface area (Å²) in [6.07, 6.45) is 16.2. The minimum absolute atomic E-state index is 0.165. The van der Waals surface area contributed by atoms with Crippen LogP contribution in [0.25, 0.3) is 0 Å². The molecule has 2 saturated carbocycles. The Morgan fingerprint density at radius 1 is 1.09 bits per heavy atom. The first-order valence-electron chi connectivity index (χ1n) is 13.4. The zero-order valence-corrected chi connectivity index (χ0v) is 22.0. The zero-order chi connectivity index (χ0) is 24.2. The van der Waals surface area contributed by atoms with Crippen LogP contribution in [0.2, 0.25) is 0 Å². The van der Waals surface area contributed by atoms with Gasteiger partial charge in [0.2, 0.25) is 0 Å². The number of esters is 1. The molecule has 0 bridgehead atoms. The van der Waals surface area contributed by atoms with Gasteiger partial charge in [-0.05, 0) is 84.7 Å². The van der Waals surface area contributed by atoms with Gasteiger partial charge in [-0.2, -0.15) is 0 Å². The molecule has 184 valence electrons. The highest BCUT2D eigenvalue weighted by atomic mass is 16.5. The molecule has 0 saturated heterocycles. The van der Waals surface area contributed by atoms with Crippen LogP contribution in [0.5, 0.6) is 0 Å². The molecule has 0 heterocycles. The van der Waals surface area contributed by atoms with E-state index >= 15 is 0 Å². The van der Waals surface area contributed by atoms with Gasteiger partial charge in [0, 0.05) is 18.8 Å². The number of fused-ring (bicyclic) bond motifs is 5. The summed E-state index contributed by atoms with van der Waals surface area (Å²) in [5, 5.41) is 11.8. The van der Waals surface area contributed by atoms with Gasteiger partial charge in [0.1, 0.15) is 6.10 Å². The number of ether oxygens (including phenoxy) is 1. The van der Waals surface area contributed by atoms with Crippen LogP contribution in [0.1, 0.15) is 93.4 Å². The Kier molecular flexibility index (Phi) is 6.53. The first-order chi connectivity index (χ1) is 15.4. The van der Waals surface area contributed by atoms with Crippen molar-refractivity contribution in [1.82, 2.24) is 0 Å². The van der Waals surface area contributed by atoms with E-state index in [0.717, 1.165) is 19.3 Å². The van der Waals surface area contributed by atoms with Crippen molar-refractivity contribution in [2.45, 2.75) is 105 Å². The monoisotopic (exact) mass is 454 g/mol. The van der Waals surface area contributed by atoms with Crippen molar-refractivity contribution in [2.24, 2.45) is 40.4 Å². The summed E-state index contributed by atoms with van der Waals surface area (Å²) >= 11 is 0. The van der Waals surface area contributed by atoms with Crippen LogP contribution in [-0.4, -0.2) is 22.8 Å². The number of hydrogen-bond donors (Lipinski definition) is 1. The van der Waals surface area contributed by atoms with Gasteiger partial charge < -0.3 is 9.84 Å². The first-order valence-corrected chi connectivity index (χ1v) is 13.4. The first kappa shape index (κ1) is 24.8. The number of carbonyl (C=O) groups excluding carboxylic acids is 1. The number of allylic oxidation sites excluding steroid dienone is 4. The highest BCUT2D eigenvalue weighted by Crippen LogP contribution is 2.65. The Labute approximate surface area is 201 Å². The van der Waals surface area contributed by atoms with E-state index in [0.29, 0.717) is 47.8 Å². The maximum absolute atomic E-state index is 11.8. The fourth-order valence-corrected chi connectivity index (χ4v) is 7.76. The standard InChI is InChI=1S/C30H46O3/c1-19(2)20(3)8-9-21(4)25-10-11-26-24-13-17-30(32)18-23(33-22(5)31)12-16-29(30,7)27(24)14-15-28(25,26)6/h8-9,13-14,19-21,23,25-26,32H,10-12,15-18H2,1-7H3/b9-8+/t20-,21+,23?,25?,26?,28?,29?,30+/m0/s1. The van der Waals surface area contributed by atoms with Crippen molar-refractivity contribution in [2.75, 3.05) is 0 Å². The summed E-state index contributed by atoms with van der Waals surface area (Å²) in [5.74, 6) is 2.94. The molecule has 0 radical (unpaired) electrons. The molecule has 0 spiro atoms. The van der Waals surface area contributed by atoms with E-state index in [2.05, 4.69) is 65.8 Å². The van der Waals surface area contributed by atoms with Crippen LogP contribution in [0.15, 0.2) is 35.5 Å². The molecule has 3 heteroatoms. The molecular weight excluding hydrogens is 408 g/mol. The maximum Gasteiger partial charge on any atom is 0.302 e. The molecule has 4 aliphatic carbocycles. The summed E-state index contributed by atoms with van der Waals surface area (Å²) in [4.78, 5) is 11.5. The van der Waals surface area contributed by atoms with Gasteiger partial charge in [-0.3, -0.25) is 4.79 Å². The number of aliphatic hydroxyl groups is 1. The van der Waals surface area contributed by atoms with E-state index in [1.165, 1.54) is 30.9 Å². The highest BCUT2D eigenvalue weighted by Gasteiger charge is 2.60. The molecule has 33 heavy (non-hydrogen) atoms. The molecule has 1 N–H and O–H groups in total. The summed E-state index contributed by atoms with van der Waals surface area (Å²) in [5.41, 5.74) is 2.15.